The molecule has 0 radical (unpaired) electrons. The Hall–Kier alpha value is -3.19. The fourth-order valence-corrected chi connectivity index (χ4v) is 4.99. The van der Waals surface area contributed by atoms with Crippen LogP contribution >= 0.6 is 0 Å². The molecular formula is C30H40FN5O. The lowest BCUT2D eigenvalue weighted by Crippen LogP contribution is -2.47. The van der Waals surface area contributed by atoms with Crippen LogP contribution in [0.1, 0.15) is 61.3 Å². The first-order valence-corrected chi connectivity index (χ1v) is 13.6. The maximum atomic E-state index is 14.2. The quantitative estimate of drug-likeness (QED) is 0.387. The van der Waals surface area contributed by atoms with Gasteiger partial charge in [-0.1, -0.05) is 39.0 Å². The molecule has 4 rings (SSSR count). The summed E-state index contributed by atoms with van der Waals surface area (Å²) >= 11 is 0. The van der Waals surface area contributed by atoms with E-state index in [-0.39, 0.29) is 17.8 Å². The van der Waals surface area contributed by atoms with Crippen molar-refractivity contribution in [2.24, 2.45) is 0 Å². The SMILES string of the molecule is CCc1ccc(C(=O)N(Cc2c(C)nn(-c3cccc(F)c3)c2N2CCN(CC)CC2)C(C)CC)cc1. The molecule has 1 aliphatic rings. The number of halogens is 1. The number of benzene rings is 2. The Bertz CT molecular complexity index is 1200. The normalized spacial score (nSPS) is 15.1. The van der Waals surface area contributed by atoms with Gasteiger partial charge in [0.2, 0.25) is 0 Å². The summed E-state index contributed by atoms with van der Waals surface area (Å²) in [5.74, 6) is 0.693. The van der Waals surface area contributed by atoms with Crippen LogP contribution in [0.2, 0.25) is 0 Å². The molecule has 0 saturated carbocycles. The fourth-order valence-electron chi connectivity index (χ4n) is 4.99. The van der Waals surface area contributed by atoms with Crippen molar-refractivity contribution in [3.63, 3.8) is 0 Å². The molecule has 1 saturated heterocycles. The lowest BCUT2D eigenvalue weighted by atomic mass is 10.1. The van der Waals surface area contributed by atoms with Crippen LogP contribution in [0.5, 0.6) is 0 Å². The summed E-state index contributed by atoms with van der Waals surface area (Å²) in [4.78, 5) is 20.5. The molecule has 1 aromatic heterocycles. The highest BCUT2D eigenvalue weighted by Gasteiger charge is 2.29. The third-order valence-corrected chi connectivity index (χ3v) is 7.65. The van der Waals surface area contributed by atoms with Crippen molar-refractivity contribution in [2.75, 3.05) is 37.6 Å². The number of nitrogens with zero attached hydrogens (tertiary/aromatic N) is 5. The van der Waals surface area contributed by atoms with Gasteiger partial charge >= 0.3 is 0 Å². The Morgan fingerprint density at radius 2 is 1.76 bits per heavy atom. The molecular weight excluding hydrogens is 465 g/mol. The molecule has 0 spiro atoms. The number of aryl methyl sites for hydroxylation is 2. The minimum atomic E-state index is -0.291. The maximum Gasteiger partial charge on any atom is 0.254 e. The van der Waals surface area contributed by atoms with Crippen LogP contribution < -0.4 is 4.90 Å². The smallest absolute Gasteiger partial charge is 0.254 e. The predicted molar refractivity (Wildman–Crippen MR) is 148 cm³/mol. The predicted octanol–water partition coefficient (Wildman–Crippen LogP) is 5.47. The van der Waals surface area contributed by atoms with Gasteiger partial charge in [-0.3, -0.25) is 4.79 Å². The number of rotatable bonds is 9. The largest absolute Gasteiger partial charge is 0.354 e. The Kier molecular flexibility index (Phi) is 8.64. The number of likely N-dealkylation sites (N-methyl/N-ethyl adjacent to an activating group) is 1. The zero-order valence-corrected chi connectivity index (χ0v) is 22.9. The van der Waals surface area contributed by atoms with Gasteiger partial charge in [-0.25, -0.2) is 9.07 Å². The summed E-state index contributed by atoms with van der Waals surface area (Å²) in [6, 6.07) is 14.6. The van der Waals surface area contributed by atoms with Crippen LogP contribution in [0.3, 0.4) is 0 Å². The second kappa shape index (κ2) is 11.9. The topological polar surface area (TPSA) is 44.6 Å². The van der Waals surface area contributed by atoms with Gasteiger partial charge < -0.3 is 14.7 Å². The average Bonchev–Trinajstić information content (AvgIpc) is 3.26. The van der Waals surface area contributed by atoms with Crippen molar-refractivity contribution >= 4 is 11.7 Å². The lowest BCUT2D eigenvalue weighted by molar-refractivity contribution is 0.0671. The number of hydrogen-bond acceptors (Lipinski definition) is 4. The first-order valence-electron chi connectivity index (χ1n) is 13.6. The number of carbonyl (C=O) groups is 1. The molecule has 7 heteroatoms. The van der Waals surface area contributed by atoms with Gasteiger partial charge in [0, 0.05) is 43.3 Å². The molecule has 2 heterocycles. The van der Waals surface area contributed by atoms with Gasteiger partial charge in [0.05, 0.1) is 17.9 Å². The first kappa shape index (κ1) is 26.9. The van der Waals surface area contributed by atoms with E-state index >= 15 is 0 Å². The van der Waals surface area contributed by atoms with Crippen LogP contribution in [0.25, 0.3) is 5.69 Å². The Morgan fingerprint density at radius 3 is 2.35 bits per heavy atom. The Balaban J connectivity index is 1.75. The fraction of sp³-hybridized carbons (Fsp3) is 0.467. The molecule has 1 atom stereocenters. The average molecular weight is 506 g/mol. The van der Waals surface area contributed by atoms with Crippen LogP contribution in [0.15, 0.2) is 48.5 Å². The number of aromatic nitrogens is 2. The summed E-state index contributed by atoms with van der Waals surface area (Å²) in [5.41, 5.74) is 4.49. The molecule has 6 nitrogen and oxygen atoms in total. The highest BCUT2D eigenvalue weighted by Crippen LogP contribution is 2.31. The van der Waals surface area contributed by atoms with E-state index in [1.807, 2.05) is 46.8 Å². The lowest BCUT2D eigenvalue weighted by Gasteiger charge is -2.37. The van der Waals surface area contributed by atoms with Crippen LogP contribution in [-0.2, 0) is 13.0 Å². The summed E-state index contributed by atoms with van der Waals surface area (Å²) in [6.45, 7) is 15.6. The standard InChI is InChI=1S/C30H40FN5O/c1-6-22(4)35(30(37)25-14-12-24(7-2)13-15-25)21-28-23(5)32-36(27-11-9-10-26(31)20-27)29(28)34-18-16-33(8-3)17-19-34/h9-15,20,22H,6-8,16-19,21H2,1-5H3. The van der Waals surface area contributed by atoms with E-state index in [1.165, 1.54) is 17.7 Å². The van der Waals surface area contributed by atoms with E-state index in [9.17, 15) is 9.18 Å². The molecule has 1 amide bonds. The van der Waals surface area contributed by atoms with Gasteiger partial charge in [-0.2, -0.15) is 5.10 Å². The van der Waals surface area contributed by atoms with Crippen molar-refractivity contribution in [3.8, 4) is 5.69 Å². The van der Waals surface area contributed by atoms with E-state index in [1.54, 1.807) is 6.07 Å². The highest BCUT2D eigenvalue weighted by molar-refractivity contribution is 5.94. The van der Waals surface area contributed by atoms with E-state index in [4.69, 9.17) is 5.10 Å². The number of hydrogen-bond donors (Lipinski definition) is 0. The zero-order chi connectivity index (χ0) is 26.5. The Labute approximate surface area is 220 Å². The minimum Gasteiger partial charge on any atom is -0.354 e. The molecule has 3 aromatic rings. The minimum absolute atomic E-state index is 0.0247. The number of piperazine rings is 1. The van der Waals surface area contributed by atoms with Crippen molar-refractivity contribution in [2.45, 2.75) is 60.0 Å². The molecule has 0 N–H and O–H groups in total. The van der Waals surface area contributed by atoms with Crippen molar-refractivity contribution < 1.29 is 9.18 Å². The van der Waals surface area contributed by atoms with Crippen LogP contribution in [0.4, 0.5) is 10.2 Å². The first-order chi connectivity index (χ1) is 17.9. The second-order valence-corrected chi connectivity index (χ2v) is 9.94. The molecule has 0 aliphatic carbocycles. The summed E-state index contributed by atoms with van der Waals surface area (Å²) in [5, 5.41) is 4.89. The highest BCUT2D eigenvalue weighted by atomic mass is 19.1. The maximum absolute atomic E-state index is 14.2. The molecule has 0 bridgehead atoms. The van der Waals surface area contributed by atoms with Gasteiger partial charge in [0.1, 0.15) is 11.6 Å². The second-order valence-electron chi connectivity index (χ2n) is 9.94. The summed E-state index contributed by atoms with van der Waals surface area (Å²) in [6.07, 6.45) is 1.79. The molecule has 37 heavy (non-hydrogen) atoms. The number of carbonyl (C=O) groups excluding carboxylic acids is 1. The van der Waals surface area contributed by atoms with Gasteiger partial charge in [-0.15, -0.1) is 0 Å². The zero-order valence-electron chi connectivity index (χ0n) is 22.9. The molecule has 1 aliphatic heterocycles. The monoisotopic (exact) mass is 505 g/mol. The van der Waals surface area contributed by atoms with Crippen molar-refractivity contribution in [1.82, 2.24) is 19.6 Å². The summed E-state index contributed by atoms with van der Waals surface area (Å²) < 4.78 is 16.1. The molecule has 1 unspecified atom stereocenters. The van der Waals surface area contributed by atoms with E-state index in [0.29, 0.717) is 17.8 Å². The van der Waals surface area contributed by atoms with Crippen molar-refractivity contribution in [3.05, 3.63) is 76.7 Å². The van der Waals surface area contributed by atoms with Gasteiger partial charge in [-0.05, 0) is 69.1 Å². The van der Waals surface area contributed by atoms with Gasteiger partial charge in [0.25, 0.3) is 5.91 Å². The van der Waals surface area contributed by atoms with Crippen LogP contribution in [0, 0.1) is 12.7 Å². The van der Waals surface area contributed by atoms with E-state index in [0.717, 1.165) is 62.6 Å². The molecule has 198 valence electrons. The van der Waals surface area contributed by atoms with E-state index < -0.39 is 0 Å². The van der Waals surface area contributed by atoms with Gasteiger partial charge in [0.15, 0.2) is 0 Å². The molecule has 2 aromatic carbocycles. The van der Waals surface area contributed by atoms with Crippen LogP contribution in [-0.4, -0.2) is 64.3 Å². The third kappa shape index (κ3) is 5.87. The number of amides is 1. The Morgan fingerprint density at radius 1 is 1.05 bits per heavy atom. The van der Waals surface area contributed by atoms with E-state index in [2.05, 4.69) is 37.5 Å². The van der Waals surface area contributed by atoms with Crippen molar-refractivity contribution in [1.29, 1.82) is 0 Å². The third-order valence-electron chi connectivity index (χ3n) is 7.65. The summed E-state index contributed by atoms with van der Waals surface area (Å²) in [7, 11) is 0. The molecule has 1 fully saturated rings. The number of anilines is 1.